The van der Waals surface area contributed by atoms with Gasteiger partial charge in [0, 0.05) is 43.9 Å². The Morgan fingerprint density at radius 1 is 1.10 bits per heavy atom. The van der Waals surface area contributed by atoms with Crippen molar-refractivity contribution in [1.82, 2.24) is 20.4 Å². The Kier molecular flexibility index (Phi) is 7.89. The van der Waals surface area contributed by atoms with Crippen LogP contribution >= 0.6 is 0 Å². The van der Waals surface area contributed by atoms with Crippen LogP contribution in [-0.4, -0.2) is 66.3 Å². The van der Waals surface area contributed by atoms with Gasteiger partial charge in [0.1, 0.15) is 6.54 Å². The second kappa shape index (κ2) is 11.6. The number of rotatable bonds is 7. The molecule has 13 heteroatoms. The molecular formula is C29H27F3N6O4. The van der Waals surface area contributed by atoms with Gasteiger partial charge in [-0.1, -0.05) is 18.2 Å². The molecule has 0 spiro atoms. The van der Waals surface area contributed by atoms with Gasteiger partial charge in [0.25, 0.3) is 0 Å². The van der Waals surface area contributed by atoms with Crippen LogP contribution in [0.5, 0.6) is 0 Å². The van der Waals surface area contributed by atoms with Crippen molar-refractivity contribution >= 4 is 29.4 Å². The van der Waals surface area contributed by atoms with Gasteiger partial charge in [0.2, 0.25) is 5.91 Å². The third-order valence-corrected chi connectivity index (χ3v) is 7.47. The molecule has 5 rings (SSSR count). The highest BCUT2D eigenvalue weighted by Crippen LogP contribution is 2.44. The maximum Gasteiger partial charge on any atom is 0.416 e. The molecule has 1 atom stereocenters. The number of nitrogens with zero attached hydrogens (tertiary/aromatic N) is 4. The van der Waals surface area contributed by atoms with Gasteiger partial charge in [-0.15, -0.1) is 0 Å². The summed E-state index contributed by atoms with van der Waals surface area (Å²) in [7, 11) is 0. The first-order valence-corrected chi connectivity index (χ1v) is 13.4. The molecule has 1 saturated heterocycles. The van der Waals surface area contributed by atoms with Crippen LogP contribution in [0.2, 0.25) is 0 Å². The number of carbonyl (C=O) groups excluding carboxylic acids is 4. The fourth-order valence-electron chi connectivity index (χ4n) is 5.50. The maximum absolute atomic E-state index is 14.1. The minimum Gasteiger partial charge on any atom is -0.353 e. The molecule has 1 unspecified atom stereocenters. The Morgan fingerprint density at radius 2 is 1.86 bits per heavy atom. The second-order valence-corrected chi connectivity index (χ2v) is 10.1. The zero-order chi connectivity index (χ0) is 30.0. The quantitative estimate of drug-likeness (QED) is 0.517. The summed E-state index contributed by atoms with van der Waals surface area (Å²) in [5, 5.41) is 14.6. The van der Waals surface area contributed by atoms with Crippen molar-refractivity contribution in [3.05, 3.63) is 76.5 Å². The molecule has 2 aliphatic heterocycles. The van der Waals surface area contributed by atoms with Gasteiger partial charge in [-0.3, -0.25) is 14.5 Å². The predicted molar refractivity (Wildman–Crippen MR) is 144 cm³/mol. The molecule has 3 aliphatic rings. The Bertz CT molecular complexity index is 1500. The van der Waals surface area contributed by atoms with E-state index < -0.39 is 36.3 Å². The minimum atomic E-state index is -4.66. The van der Waals surface area contributed by atoms with Crippen LogP contribution in [0.3, 0.4) is 0 Å². The summed E-state index contributed by atoms with van der Waals surface area (Å²) in [6, 6.07) is 10.6. The highest BCUT2D eigenvalue weighted by Gasteiger charge is 2.45. The first-order chi connectivity index (χ1) is 20.1. The number of anilines is 1. The fourth-order valence-corrected chi connectivity index (χ4v) is 5.50. The first kappa shape index (κ1) is 28.7. The molecule has 0 radical (unpaired) electrons. The van der Waals surface area contributed by atoms with E-state index in [9.17, 15) is 37.6 Å². The minimum absolute atomic E-state index is 0.0687. The number of nitrogens with one attached hydrogen (secondary N) is 2. The van der Waals surface area contributed by atoms with Crippen molar-refractivity contribution in [2.24, 2.45) is 0 Å². The van der Waals surface area contributed by atoms with E-state index in [1.165, 1.54) is 34.1 Å². The molecule has 2 aromatic carbocycles. The Hall–Kier alpha value is -4.86. The lowest BCUT2D eigenvalue weighted by molar-refractivity contribution is -0.137. The summed E-state index contributed by atoms with van der Waals surface area (Å²) in [5.74, 6) is -0.849. The number of nitriles is 1. The molecule has 2 aromatic rings. The largest absolute Gasteiger partial charge is 0.416 e. The van der Waals surface area contributed by atoms with Crippen LogP contribution in [0, 0.1) is 11.3 Å². The normalized spacial score (nSPS) is 19.0. The molecule has 10 nitrogen and oxygen atoms in total. The van der Waals surface area contributed by atoms with Crippen molar-refractivity contribution < 1.29 is 32.3 Å². The number of amides is 5. The van der Waals surface area contributed by atoms with Gasteiger partial charge < -0.3 is 20.4 Å². The standard InChI is InChI=1S/C29H27F3N6O4/c30-29(31,32)20-3-1-4-21(15-20)38-22-5-2-6-23(39)25(22)26(19-9-7-18(16-33)8-10-19)37(28(38)42)17-24(40)34-11-13-36-14-12-35-27(36)41/h1,3-4,7-10,15,26H,2,5-6,11-14,17H2,(H,34,40)(H,35,41). The molecule has 2 heterocycles. The van der Waals surface area contributed by atoms with E-state index >= 15 is 0 Å². The third kappa shape index (κ3) is 5.65. The number of Topliss-reactive ketones (excluding diaryl/α,β-unsaturated/α-hetero) is 1. The summed E-state index contributed by atoms with van der Waals surface area (Å²) in [6.07, 6.45) is -3.81. The van der Waals surface area contributed by atoms with Crippen LogP contribution < -0.4 is 15.5 Å². The average Bonchev–Trinajstić information content (AvgIpc) is 3.38. The number of ketones is 1. The SMILES string of the molecule is N#Cc1ccc(C2C3=C(CCCC3=O)N(c3cccc(C(F)(F)F)c3)C(=O)N2CC(=O)NCCN2CCNC2=O)cc1. The number of hydrogen-bond donors (Lipinski definition) is 2. The van der Waals surface area contributed by atoms with E-state index in [1.54, 1.807) is 12.1 Å². The third-order valence-electron chi connectivity index (χ3n) is 7.47. The van der Waals surface area contributed by atoms with E-state index in [2.05, 4.69) is 10.6 Å². The zero-order valence-electron chi connectivity index (χ0n) is 22.4. The van der Waals surface area contributed by atoms with E-state index in [0.29, 0.717) is 36.3 Å². The predicted octanol–water partition coefficient (Wildman–Crippen LogP) is 3.71. The molecule has 218 valence electrons. The highest BCUT2D eigenvalue weighted by molar-refractivity contribution is 6.07. The lowest BCUT2D eigenvalue weighted by Gasteiger charge is -2.45. The number of hydrogen-bond acceptors (Lipinski definition) is 5. The number of urea groups is 2. The van der Waals surface area contributed by atoms with Crippen LogP contribution in [0.4, 0.5) is 28.4 Å². The maximum atomic E-state index is 14.1. The Morgan fingerprint density at radius 3 is 2.52 bits per heavy atom. The smallest absolute Gasteiger partial charge is 0.353 e. The van der Waals surface area contributed by atoms with E-state index in [-0.39, 0.29) is 49.0 Å². The number of alkyl halides is 3. The molecular weight excluding hydrogens is 553 g/mol. The van der Waals surface area contributed by atoms with Crippen LogP contribution in [0.25, 0.3) is 0 Å². The molecule has 0 saturated carbocycles. The summed E-state index contributed by atoms with van der Waals surface area (Å²) in [4.78, 5) is 56.3. The number of carbonyl (C=O) groups is 4. The lowest BCUT2D eigenvalue weighted by atomic mass is 9.83. The summed E-state index contributed by atoms with van der Waals surface area (Å²) in [5.41, 5.74) is 0.328. The lowest BCUT2D eigenvalue weighted by Crippen LogP contribution is -2.54. The van der Waals surface area contributed by atoms with Crippen molar-refractivity contribution in [1.29, 1.82) is 5.26 Å². The van der Waals surface area contributed by atoms with Gasteiger partial charge >= 0.3 is 18.2 Å². The second-order valence-electron chi connectivity index (χ2n) is 10.1. The van der Waals surface area contributed by atoms with Gasteiger partial charge in [-0.2, -0.15) is 18.4 Å². The summed E-state index contributed by atoms with van der Waals surface area (Å²) < 4.78 is 40.8. The van der Waals surface area contributed by atoms with E-state index in [4.69, 9.17) is 0 Å². The first-order valence-electron chi connectivity index (χ1n) is 13.4. The average molecular weight is 581 g/mol. The van der Waals surface area contributed by atoms with Crippen molar-refractivity contribution in [3.8, 4) is 6.07 Å². The van der Waals surface area contributed by atoms with Gasteiger partial charge in [-0.25, -0.2) is 9.59 Å². The zero-order valence-corrected chi connectivity index (χ0v) is 22.4. The van der Waals surface area contributed by atoms with Crippen molar-refractivity contribution in [3.63, 3.8) is 0 Å². The van der Waals surface area contributed by atoms with Crippen LogP contribution in [0.1, 0.15) is 42.0 Å². The van der Waals surface area contributed by atoms with Crippen molar-refractivity contribution in [2.75, 3.05) is 37.6 Å². The van der Waals surface area contributed by atoms with Gasteiger partial charge in [0.15, 0.2) is 5.78 Å². The molecule has 0 bridgehead atoms. The van der Waals surface area contributed by atoms with Gasteiger partial charge in [0.05, 0.1) is 28.9 Å². The molecule has 5 amide bonds. The number of allylic oxidation sites excluding steroid dienone is 1. The van der Waals surface area contributed by atoms with E-state index in [1.807, 2.05) is 6.07 Å². The molecule has 2 N–H and O–H groups in total. The summed E-state index contributed by atoms with van der Waals surface area (Å²) in [6.45, 7) is 0.840. The molecule has 42 heavy (non-hydrogen) atoms. The van der Waals surface area contributed by atoms with E-state index in [0.717, 1.165) is 17.0 Å². The Labute approximate surface area is 239 Å². The Balaban J connectivity index is 1.54. The van der Waals surface area contributed by atoms with Crippen LogP contribution in [0.15, 0.2) is 59.8 Å². The monoisotopic (exact) mass is 580 g/mol. The fraction of sp³-hybridized carbons (Fsp3) is 0.345. The van der Waals surface area contributed by atoms with Crippen molar-refractivity contribution in [2.45, 2.75) is 31.5 Å². The number of halogens is 3. The van der Waals surface area contributed by atoms with Gasteiger partial charge in [-0.05, 0) is 48.7 Å². The molecule has 1 fully saturated rings. The van der Waals surface area contributed by atoms with Crippen LogP contribution in [-0.2, 0) is 15.8 Å². The topological polar surface area (TPSA) is 126 Å². The molecule has 1 aliphatic carbocycles. The molecule has 0 aromatic heterocycles. The highest BCUT2D eigenvalue weighted by atomic mass is 19.4. The summed E-state index contributed by atoms with van der Waals surface area (Å²) >= 11 is 0. The number of benzene rings is 2.